The average Bonchev–Trinajstić information content (AvgIpc) is 2.27. The second-order valence-corrected chi connectivity index (χ2v) is 2.42. The number of nitrogens with two attached hydrogens (primary N) is 1. The van der Waals surface area contributed by atoms with Gasteiger partial charge in [-0.15, -0.1) is 0 Å². The molecule has 2 N–H and O–H groups in total. The molecule has 0 unspecified atom stereocenters. The van der Waals surface area contributed by atoms with Gasteiger partial charge in [-0.05, 0) is 0 Å². The van der Waals surface area contributed by atoms with E-state index in [0.717, 1.165) is 0 Å². The van der Waals surface area contributed by atoms with E-state index in [-0.39, 0.29) is 17.1 Å². The van der Waals surface area contributed by atoms with E-state index >= 15 is 0 Å². The fraction of sp³-hybridized carbons (Fsp3) is 0. The Morgan fingerprint density at radius 1 is 1.07 bits per heavy atom. The standard InChI is InChI=1S/C9H4N6/c10-1-6(2-11)8(3-12)7-4-14-9(13)15-5-7/h4-5H,(H2,13,14,15). The number of hydrogen-bond acceptors (Lipinski definition) is 6. The van der Waals surface area contributed by atoms with Crippen LogP contribution in [0.25, 0.3) is 5.57 Å². The number of anilines is 1. The van der Waals surface area contributed by atoms with Crippen LogP contribution in [0.2, 0.25) is 0 Å². The minimum atomic E-state index is -0.272. The molecule has 15 heavy (non-hydrogen) atoms. The first kappa shape index (κ1) is 10.2. The Hall–Kier alpha value is -2.91. The molecule has 6 nitrogen and oxygen atoms in total. The van der Waals surface area contributed by atoms with Crippen molar-refractivity contribution in [2.24, 2.45) is 0 Å². The van der Waals surface area contributed by atoms with Crippen LogP contribution in [0.1, 0.15) is 5.56 Å². The molecule has 0 aromatic carbocycles. The lowest BCUT2D eigenvalue weighted by Gasteiger charge is -1.97. The minimum Gasteiger partial charge on any atom is -0.368 e. The van der Waals surface area contributed by atoms with Gasteiger partial charge in [-0.1, -0.05) is 0 Å². The summed E-state index contributed by atoms with van der Waals surface area (Å²) in [5.41, 5.74) is 5.23. The maximum atomic E-state index is 8.78. The van der Waals surface area contributed by atoms with E-state index in [9.17, 15) is 0 Å². The fourth-order valence-electron chi connectivity index (χ4n) is 0.869. The number of nitrogen functional groups attached to an aromatic ring is 1. The van der Waals surface area contributed by atoms with Gasteiger partial charge in [0.25, 0.3) is 0 Å². The summed E-state index contributed by atoms with van der Waals surface area (Å²) in [5.74, 6) is 0.0616. The van der Waals surface area contributed by atoms with Crippen LogP contribution in [0.5, 0.6) is 0 Å². The van der Waals surface area contributed by atoms with E-state index < -0.39 is 0 Å². The number of hydrogen-bond donors (Lipinski definition) is 1. The first-order valence-electron chi connectivity index (χ1n) is 3.75. The van der Waals surface area contributed by atoms with Crippen LogP contribution in [0, 0.1) is 34.0 Å². The van der Waals surface area contributed by atoms with Gasteiger partial charge in [0.15, 0.2) is 0 Å². The Balaban J connectivity index is 3.35. The molecule has 1 heterocycles. The third-order valence-corrected chi connectivity index (χ3v) is 1.55. The highest BCUT2D eigenvalue weighted by molar-refractivity contribution is 5.83. The van der Waals surface area contributed by atoms with Crippen molar-refractivity contribution in [3.63, 3.8) is 0 Å². The lowest BCUT2D eigenvalue weighted by Crippen LogP contribution is -1.96. The van der Waals surface area contributed by atoms with Crippen molar-refractivity contribution >= 4 is 11.5 Å². The second-order valence-electron chi connectivity index (χ2n) is 2.42. The molecule has 0 amide bonds. The minimum absolute atomic E-state index is 0.0556. The lowest BCUT2D eigenvalue weighted by molar-refractivity contribution is 1.17. The first-order chi connectivity index (χ1) is 7.22. The predicted octanol–water partition coefficient (Wildman–Crippen LogP) is 0.383. The van der Waals surface area contributed by atoms with E-state index in [1.807, 2.05) is 0 Å². The monoisotopic (exact) mass is 196 g/mol. The molecular formula is C9H4N6. The van der Waals surface area contributed by atoms with Crippen LogP contribution in [0.15, 0.2) is 18.0 Å². The molecule has 1 rings (SSSR count). The van der Waals surface area contributed by atoms with Crippen molar-refractivity contribution in [2.75, 3.05) is 5.73 Å². The third-order valence-electron chi connectivity index (χ3n) is 1.55. The molecule has 0 saturated heterocycles. The molecule has 6 heteroatoms. The van der Waals surface area contributed by atoms with Crippen LogP contribution in [-0.4, -0.2) is 9.97 Å². The van der Waals surface area contributed by atoms with Gasteiger partial charge in [0.1, 0.15) is 23.8 Å². The number of allylic oxidation sites excluding steroid dienone is 2. The van der Waals surface area contributed by atoms with Crippen molar-refractivity contribution in [2.45, 2.75) is 0 Å². The maximum absolute atomic E-state index is 8.78. The predicted molar refractivity (Wildman–Crippen MR) is 50.2 cm³/mol. The zero-order chi connectivity index (χ0) is 11.3. The van der Waals surface area contributed by atoms with Crippen LogP contribution in [-0.2, 0) is 0 Å². The zero-order valence-electron chi connectivity index (χ0n) is 7.47. The maximum Gasteiger partial charge on any atom is 0.219 e. The van der Waals surface area contributed by atoms with Crippen molar-refractivity contribution < 1.29 is 0 Å². The van der Waals surface area contributed by atoms with E-state index in [1.165, 1.54) is 12.4 Å². The molecular weight excluding hydrogens is 192 g/mol. The molecule has 0 bridgehead atoms. The number of rotatable bonds is 1. The Morgan fingerprint density at radius 3 is 2.00 bits per heavy atom. The number of nitrogens with zero attached hydrogens (tertiary/aromatic N) is 5. The van der Waals surface area contributed by atoms with Gasteiger partial charge in [-0.25, -0.2) is 9.97 Å². The topological polar surface area (TPSA) is 123 Å². The molecule has 0 spiro atoms. The van der Waals surface area contributed by atoms with Crippen LogP contribution >= 0.6 is 0 Å². The fourth-order valence-corrected chi connectivity index (χ4v) is 0.869. The van der Waals surface area contributed by atoms with Crippen molar-refractivity contribution in [3.05, 3.63) is 23.5 Å². The number of aromatic nitrogens is 2. The van der Waals surface area contributed by atoms with Crippen LogP contribution in [0.3, 0.4) is 0 Å². The van der Waals surface area contributed by atoms with Crippen LogP contribution < -0.4 is 5.73 Å². The normalized spacial score (nSPS) is 8.07. The molecule has 0 saturated carbocycles. The van der Waals surface area contributed by atoms with Gasteiger partial charge in [0.2, 0.25) is 5.95 Å². The Labute approximate surface area is 85.5 Å². The largest absolute Gasteiger partial charge is 0.368 e. The molecule has 0 aliphatic carbocycles. The smallest absolute Gasteiger partial charge is 0.219 e. The molecule has 0 atom stereocenters. The first-order valence-corrected chi connectivity index (χ1v) is 3.75. The summed E-state index contributed by atoms with van der Waals surface area (Å²) >= 11 is 0. The Bertz CT molecular complexity index is 504. The Morgan fingerprint density at radius 2 is 1.60 bits per heavy atom. The highest BCUT2D eigenvalue weighted by atomic mass is 15.0. The molecule has 70 valence electrons. The van der Waals surface area contributed by atoms with Gasteiger partial charge < -0.3 is 5.73 Å². The van der Waals surface area contributed by atoms with Crippen molar-refractivity contribution in [1.29, 1.82) is 15.8 Å². The van der Waals surface area contributed by atoms with Crippen molar-refractivity contribution in [1.82, 2.24) is 9.97 Å². The van der Waals surface area contributed by atoms with Crippen molar-refractivity contribution in [3.8, 4) is 18.2 Å². The molecule has 1 aromatic rings. The summed E-state index contributed by atoms with van der Waals surface area (Å²) in [4.78, 5) is 7.32. The summed E-state index contributed by atoms with van der Waals surface area (Å²) in [6.07, 6.45) is 2.57. The molecule has 0 radical (unpaired) electrons. The van der Waals surface area contributed by atoms with Crippen LogP contribution in [0.4, 0.5) is 5.95 Å². The van der Waals surface area contributed by atoms with Gasteiger partial charge in [0, 0.05) is 18.0 Å². The quantitative estimate of drug-likeness (QED) is 0.647. The number of nitriles is 3. The van der Waals surface area contributed by atoms with Gasteiger partial charge in [-0.2, -0.15) is 15.8 Å². The zero-order valence-corrected chi connectivity index (χ0v) is 7.47. The summed E-state index contributed by atoms with van der Waals surface area (Å²) in [7, 11) is 0. The molecule has 0 fully saturated rings. The summed E-state index contributed by atoms with van der Waals surface area (Å²) in [6.45, 7) is 0. The summed E-state index contributed by atoms with van der Waals surface area (Å²) < 4.78 is 0. The second kappa shape index (κ2) is 4.36. The third kappa shape index (κ3) is 2.06. The Kier molecular flexibility index (Phi) is 2.96. The summed E-state index contributed by atoms with van der Waals surface area (Å²) in [6, 6.07) is 5.00. The molecule has 0 aliphatic rings. The van der Waals surface area contributed by atoms with E-state index in [4.69, 9.17) is 21.5 Å². The summed E-state index contributed by atoms with van der Waals surface area (Å²) in [5, 5.41) is 26.0. The van der Waals surface area contributed by atoms with Gasteiger partial charge >= 0.3 is 0 Å². The van der Waals surface area contributed by atoms with Gasteiger partial charge in [0.05, 0.1) is 5.57 Å². The van der Waals surface area contributed by atoms with Gasteiger partial charge in [-0.3, -0.25) is 0 Å². The average molecular weight is 196 g/mol. The highest BCUT2D eigenvalue weighted by Gasteiger charge is 2.09. The molecule has 0 aliphatic heterocycles. The highest BCUT2D eigenvalue weighted by Crippen LogP contribution is 2.15. The SMILES string of the molecule is N#CC(C#N)=C(C#N)c1cnc(N)nc1. The van der Waals surface area contributed by atoms with E-state index in [1.54, 1.807) is 18.2 Å². The lowest BCUT2D eigenvalue weighted by atomic mass is 10.1. The molecule has 1 aromatic heterocycles. The van der Waals surface area contributed by atoms with E-state index in [0.29, 0.717) is 5.56 Å². The van der Waals surface area contributed by atoms with E-state index in [2.05, 4.69) is 9.97 Å².